The molecule has 0 saturated carbocycles. The maximum atomic E-state index is 10.4. The van der Waals surface area contributed by atoms with Crippen LogP contribution in [0.3, 0.4) is 0 Å². The SMILES string of the molecule is CNc1ccc(O)cc1.Cc1cc(C(C)(C)C)c(O)c(C(C)(C)C)c1. The van der Waals surface area contributed by atoms with E-state index in [-0.39, 0.29) is 10.8 Å². The summed E-state index contributed by atoms with van der Waals surface area (Å²) in [4.78, 5) is 0. The van der Waals surface area contributed by atoms with Crippen LogP contribution in [0.4, 0.5) is 5.69 Å². The van der Waals surface area contributed by atoms with Crippen molar-refractivity contribution in [2.45, 2.75) is 59.3 Å². The molecule has 25 heavy (non-hydrogen) atoms. The van der Waals surface area contributed by atoms with Gasteiger partial charge < -0.3 is 15.5 Å². The molecule has 0 heterocycles. The average molecular weight is 344 g/mol. The van der Waals surface area contributed by atoms with Crippen LogP contribution in [0.2, 0.25) is 0 Å². The van der Waals surface area contributed by atoms with E-state index in [9.17, 15) is 5.11 Å². The van der Waals surface area contributed by atoms with E-state index < -0.39 is 0 Å². The summed E-state index contributed by atoms with van der Waals surface area (Å²) < 4.78 is 0. The van der Waals surface area contributed by atoms with Crippen LogP contribution in [0.25, 0.3) is 0 Å². The molecule has 0 aliphatic carbocycles. The fourth-order valence-corrected chi connectivity index (χ4v) is 2.55. The summed E-state index contributed by atoms with van der Waals surface area (Å²) in [5, 5.41) is 22.2. The first-order chi connectivity index (χ1) is 11.4. The number of phenolic OH excluding ortho intramolecular Hbond substituents is 2. The molecule has 2 rings (SSSR count). The highest BCUT2D eigenvalue weighted by molar-refractivity contribution is 5.49. The van der Waals surface area contributed by atoms with Gasteiger partial charge in [0.05, 0.1) is 0 Å². The summed E-state index contributed by atoms with van der Waals surface area (Å²) >= 11 is 0. The summed E-state index contributed by atoms with van der Waals surface area (Å²) in [6.45, 7) is 14.9. The normalized spacial score (nSPS) is 11.5. The van der Waals surface area contributed by atoms with Gasteiger partial charge in [0.15, 0.2) is 0 Å². The second-order valence-electron chi connectivity index (χ2n) is 8.51. The molecule has 3 nitrogen and oxygen atoms in total. The number of hydrogen-bond donors (Lipinski definition) is 3. The summed E-state index contributed by atoms with van der Waals surface area (Å²) in [6.07, 6.45) is 0. The van der Waals surface area contributed by atoms with Gasteiger partial charge in [0.25, 0.3) is 0 Å². The predicted octanol–water partition coefficient (Wildman–Crippen LogP) is 5.73. The van der Waals surface area contributed by atoms with Crippen LogP contribution in [-0.4, -0.2) is 17.3 Å². The summed E-state index contributed by atoms with van der Waals surface area (Å²) in [5.41, 5.74) is 4.27. The molecule has 0 aromatic heterocycles. The van der Waals surface area contributed by atoms with Gasteiger partial charge in [-0.2, -0.15) is 0 Å². The van der Waals surface area contributed by atoms with Gasteiger partial charge in [0.2, 0.25) is 0 Å². The molecule has 0 fully saturated rings. The Morgan fingerprint density at radius 1 is 0.760 bits per heavy atom. The van der Waals surface area contributed by atoms with Crippen LogP contribution in [0.1, 0.15) is 58.2 Å². The van der Waals surface area contributed by atoms with Crippen molar-refractivity contribution in [3.8, 4) is 11.5 Å². The van der Waals surface area contributed by atoms with Crippen molar-refractivity contribution in [1.82, 2.24) is 0 Å². The number of phenols is 2. The van der Waals surface area contributed by atoms with Gasteiger partial charge in [-0.25, -0.2) is 0 Å². The van der Waals surface area contributed by atoms with Gasteiger partial charge >= 0.3 is 0 Å². The number of rotatable bonds is 1. The molecule has 0 aliphatic rings. The monoisotopic (exact) mass is 343 g/mol. The van der Waals surface area contributed by atoms with E-state index in [1.165, 1.54) is 5.56 Å². The minimum Gasteiger partial charge on any atom is -0.508 e. The molecule has 0 bridgehead atoms. The van der Waals surface area contributed by atoms with Crippen LogP contribution < -0.4 is 5.32 Å². The zero-order valence-electron chi connectivity index (χ0n) is 16.9. The molecule has 3 heteroatoms. The second kappa shape index (κ2) is 7.81. The van der Waals surface area contributed by atoms with E-state index in [1.54, 1.807) is 12.1 Å². The largest absolute Gasteiger partial charge is 0.508 e. The lowest BCUT2D eigenvalue weighted by Gasteiger charge is -2.27. The highest BCUT2D eigenvalue weighted by atomic mass is 16.3. The Morgan fingerprint density at radius 2 is 1.16 bits per heavy atom. The van der Waals surface area contributed by atoms with Gasteiger partial charge in [-0.1, -0.05) is 59.2 Å². The molecule has 0 aliphatic heterocycles. The Morgan fingerprint density at radius 3 is 1.48 bits per heavy atom. The Kier molecular flexibility index (Phi) is 6.53. The lowest BCUT2D eigenvalue weighted by Crippen LogP contribution is -2.17. The zero-order valence-corrected chi connectivity index (χ0v) is 16.9. The third-order valence-electron chi connectivity index (χ3n) is 4.03. The lowest BCUT2D eigenvalue weighted by molar-refractivity contribution is 0.423. The number of anilines is 1. The summed E-state index contributed by atoms with van der Waals surface area (Å²) in [6, 6.07) is 11.1. The molecule has 0 amide bonds. The van der Waals surface area contributed by atoms with Crippen molar-refractivity contribution in [2.75, 3.05) is 12.4 Å². The highest BCUT2D eigenvalue weighted by Gasteiger charge is 2.25. The minimum absolute atomic E-state index is 0.0178. The first-order valence-electron chi connectivity index (χ1n) is 8.67. The Labute approximate surface area is 152 Å². The number of aryl methyl sites for hydroxylation is 1. The van der Waals surface area contributed by atoms with Crippen LogP contribution >= 0.6 is 0 Å². The van der Waals surface area contributed by atoms with E-state index >= 15 is 0 Å². The maximum absolute atomic E-state index is 10.4. The van der Waals surface area contributed by atoms with E-state index in [0.717, 1.165) is 16.8 Å². The molecule has 3 N–H and O–H groups in total. The van der Waals surface area contributed by atoms with E-state index in [2.05, 4.69) is 65.9 Å². The van der Waals surface area contributed by atoms with Crippen molar-refractivity contribution >= 4 is 5.69 Å². The Balaban J connectivity index is 0.000000293. The van der Waals surface area contributed by atoms with Crippen LogP contribution in [0.5, 0.6) is 11.5 Å². The molecular formula is C22H33NO2. The van der Waals surface area contributed by atoms with Crippen molar-refractivity contribution < 1.29 is 10.2 Å². The topological polar surface area (TPSA) is 52.5 Å². The van der Waals surface area contributed by atoms with Gasteiger partial charge in [-0.15, -0.1) is 0 Å². The third kappa shape index (κ3) is 6.00. The van der Waals surface area contributed by atoms with Crippen molar-refractivity contribution in [3.63, 3.8) is 0 Å². The fourth-order valence-electron chi connectivity index (χ4n) is 2.55. The van der Waals surface area contributed by atoms with Gasteiger partial charge in [0, 0.05) is 12.7 Å². The molecule has 2 aromatic rings. The molecule has 2 aromatic carbocycles. The molecule has 0 radical (unpaired) electrons. The van der Waals surface area contributed by atoms with Crippen molar-refractivity contribution in [2.24, 2.45) is 0 Å². The zero-order chi connectivity index (χ0) is 19.4. The van der Waals surface area contributed by atoms with Crippen molar-refractivity contribution in [1.29, 1.82) is 0 Å². The first kappa shape index (κ1) is 20.9. The molecule has 0 atom stereocenters. The predicted molar refractivity (Wildman–Crippen MR) is 108 cm³/mol. The highest BCUT2D eigenvalue weighted by Crippen LogP contribution is 2.39. The summed E-state index contributed by atoms with van der Waals surface area (Å²) in [7, 11) is 1.84. The van der Waals surface area contributed by atoms with Crippen LogP contribution in [0, 0.1) is 6.92 Å². The lowest BCUT2D eigenvalue weighted by atomic mass is 9.78. The number of aromatic hydroxyl groups is 2. The van der Waals surface area contributed by atoms with E-state index in [4.69, 9.17) is 5.11 Å². The smallest absolute Gasteiger partial charge is 0.123 e. The number of nitrogens with one attached hydrogen (secondary N) is 1. The quantitative estimate of drug-likeness (QED) is 0.580. The second-order valence-corrected chi connectivity index (χ2v) is 8.51. The maximum Gasteiger partial charge on any atom is 0.123 e. The van der Waals surface area contributed by atoms with Gasteiger partial charge in [0.1, 0.15) is 11.5 Å². The third-order valence-corrected chi connectivity index (χ3v) is 4.03. The molecular weight excluding hydrogens is 310 g/mol. The van der Waals surface area contributed by atoms with Crippen LogP contribution in [0.15, 0.2) is 36.4 Å². The Bertz CT molecular complexity index is 654. The van der Waals surface area contributed by atoms with Gasteiger partial charge in [-0.05, 0) is 53.1 Å². The minimum atomic E-state index is -0.0178. The van der Waals surface area contributed by atoms with E-state index in [1.807, 2.05) is 19.2 Å². The Hall–Kier alpha value is -2.16. The number of benzene rings is 2. The molecule has 138 valence electrons. The van der Waals surface area contributed by atoms with E-state index in [0.29, 0.717) is 11.5 Å². The molecule has 0 saturated heterocycles. The van der Waals surface area contributed by atoms with Crippen LogP contribution in [-0.2, 0) is 10.8 Å². The summed E-state index contributed by atoms with van der Waals surface area (Å²) in [5.74, 6) is 0.764. The molecule has 0 spiro atoms. The van der Waals surface area contributed by atoms with Gasteiger partial charge in [-0.3, -0.25) is 0 Å². The van der Waals surface area contributed by atoms with Crippen molar-refractivity contribution in [3.05, 3.63) is 53.1 Å². The average Bonchev–Trinajstić information content (AvgIpc) is 2.48. The standard InChI is InChI=1S/C15H24O.C7H9NO/c1-10-8-11(14(2,3)4)13(16)12(9-10)15(5,6)7;1-8-6-2-4-7(9)5-3-6/h8-9,16H,1-7H3;2-5,8-9H,1H3. The fraction of sp³-hybridized carbons (Fsp3) is 0.455. The molecule has 0 unspecified atom stereocenters. The first-order valence-corrected chi connectivity index (χ1v) is 8.67. The number of hydrogen-bond acceptors (Lipinski definition) is 3.